The molecule has 0 aromatic heterocycles. The Morgan fingerprint density at radius 2 is 1.45 bits per heavy atom. The fourth-order valence-corrected chi connectivity index (χ4v) is 4.88. The SMILES string of the molecule is CCCCCCCCCC(CCOC(O)C(C)OCCOCC[N+](C)(C)C)C1CCCCC1. The molecule has 3 unspecified atom stereocenters. The maximum absolute atomic E-state index is 10.4. The van der Waals surface area contributed by atoms with Crippen LogP contribution in [0.1, 0.15) is 104 Å². The van der Waals surface area contributed by atoms with Crippen LogP contribution in [-0.4, -0.2) is 76.1 Å². The molecule has 1 rings (SSSR count). The summed E-state index contributed by atoms with van der Waals surface area (Å²) in [7, 11) is 6.47. The first-order chi connectivity index (χ1) is 15.8. The molecule has 198 valence electrons. The molecule has 1 fully saturated rings. The smallest absolute Gasteiger partial charge is 0.180 e. The van der Waals surface area contributed by atoms with Crippen molar-refractivity contribution in [2.24, 2.45) is 11.8 Å². The lowest BCUT2D eigenvalue weighted by Crippen LogP contribution is -2.37. The second-order valence-corrected chi connectivity index (χ2v) is 11.3. The first-order valence-electron chi connectivity index (χ1n) is 14.1. The van der Waals surface area contributed by atoms with Gasteiger partial charge in [0.05, 0.1) is 47.6 Å². The van der Waals surface area contributed by atoms with E-state index in [2.05, 4.69) is 28.1 Å². The van der Waals surface area contributed by atoms with E-state index < -0.39 is 6.29 Å². The molecule has 0 radical (unpaired) electrons. The average Bonchev–Trinajstić information content (AvgIpc) is 2.79. The van der Waals surface area contributed by atoms with Crippen LogP contribution in [0.2, 0.25) is 0 Å². The van der Waals surface area contributed by atoms with Crippen LogP contribution in [0.3, 0.4) is 0 Å². The van der Waals surface area contributed by atoms with E-state index in [0.717, 1.165) is 35.9 Å². The number of hydrogen-bond acceptors (Lipinski definition) is 4. The highest BCUT2D eigenvalue weighted by Gasteiger charge is 2.24. The van der Waals surface area contributed by atoms with Crippen molar-refractivity contribution in [2.45, 2.75) is 116 Å². The van der Waals surface area contributed by atoms with E-state index in [9.17, 15) is 5.11 Å². The number of hydrogen-bond donors (Lipinski definition) is 1. The second kappa shape index (κ2) is 19.0. The quantitative estimate of drug-likeness (QED) is 0.123. The van der Waals surface area contributed by atoms with Crippen molar-refractivity contribution in [1.82, 2.24) is 0 Å². The molecule has 0 amide bonds. The number of ether oxygens (including phenoxy) is 3. The molecule has 0 aromatic carbocycles. The number of nitrogens with zero attached hydrogens (tertiary/aromatic N) is 1. The maximum Gasteiger partial charge on any atom is 0.180 e. The topological polar surface area (TPSA) is 47.9 Å². The van der Waals surface area contributed by atoms with E-state index in [1.807, 2.05) is 6.92 Å². The number of unbranched alkanes of at least 4 members (excludes halogenated alkanes) is 6. The zero-order valence-corrected chi connectivity index (χ0v) is 22.9. The fraction of sp³-hybridized carbons (Fsp3) is 1.00. The Bertz CT molecular complexity index is 434. The monoisotopic (exact) mass is 472 g/mol. The van der Waals surface area contributed by atoms with Crippen molar-refractivity contribution in [3.8, 4) is 0 Å². The van der Waals surface area contributed by atoms with E-state index in [1.165, 1.54) is 83.5 Å². The predicted molar refractivity (Wildman–Crippen MR) is 138 cm³/mol. The first kappa shape index (κ1) is 30.8. The second-order valence-electron chi connectivity index (χ2n) is 11.3. The van der Waals surface area contributed by atoms with Gasteiger partial charge in [-0.1, -0.05) is 90.4 Å². The lowest BCUT2D eigenvalue weighted by molar-refractivity contribution is -0.870. The van der Waals surface area contributed by atoms with E-state index >= 15 is 0 Å². The Morgan fingerprint density at radius 3 is 2.12 bits per heavy atom. The summed E-state index contributed by atoms with van der Waals surface area (Å²) in [5.74, 6) is 1.61. The largest absolute Gasteiger partial charge is 0.373 e. The van der Waals surface area contributed by atoms with Crippen molar-refractivity contribution in [3.05, 3.63) is 0 Å². The highest BCUT2D eigenvalue weighted by atomic mass is 16.6. The Balaban J connectivity index is 2.22. The van der Waals surface area contributed by atoms with Gasteiger partial charge >= 0.3 is 0 Å². The van der Waals surface area contributed by atoms with Gasteiger partial charge in [0, 0.05) is 0 Å². The van der Waals surface area contributed by atoms with Gasteiger partial charge in [-0.3, -0.25) is 0 Å². The van der Waals surface area contributed by atoms with Gasteiger partial charge in [-0.2, -0.15) is 0 Å². The summed E-state index contributed by atoms with van der Waals surface area (Å²) in [6, 6.07) is 0. The Kier molecular flexibility index (Phi) is 17.8. The zero-order chi connectivity index (χ0) is 24.4. The fourth-order valence-electron chi connectivity index (χ4n) is 4.88. The van der Waals surface area contributed by atoms with Gasteiger partial charge in [-0.05, 0) is 25.2 Å². The third-order valence-electron chi connectivity index (χ3n) is 7.19. The predicted octanol–water partition coefficient (Wildman–Crippen LogP) is 6.18. The van der Waals surface area contributed by atoms with Gasteiger partial charge in [0.15, 0.2) is 6.29 Å². The minimum atomic E-state index is -0.859. The molecule has 5 heteroatoms. The van der Waals surface area contributed by atoms with E-state index in [4.69, 9.17) is 14.2 Å². The van der Waals surface area contributed by atoms with Crippen LogP contribution >= 0.6 is 0 Å². The lowest BCUT2D eigenvalue weighted by atomic mass is 9.76. The third-order valence-corrected chi connectivity index (χ3v) is 7.19. The van der Waals surface area contributed by atoms with Gasteiger partial charge in [-0.15, -0.1) is 0 Å². The Labute approximate surface area is 206 Å². The lowest BCUT2D eigenvalue weighted by Gasteiger charge is -2.31. The van der Waals surface area contributed by atoms with Gasteiger partial charge in [0.2, 0.25) is 0 Å². The van der Waals surface area contributed by atoms with Crippen LogP contribution in [0.15, 0.2) is 0 Å². The molecule has 33 heavy (non-hydrogen) atoms. The average molecular weight is 473 g/mol. The Hall–Kier alpha value is -0.200. The summed E-state index contributed by atoms with van der Waals surface area (Å²) in [5, 5.41) is 10.4. The molecule has 1 aliphatic rings. The molecular formula is C28H58NO4+. The summed E-state index contributed by atoms with van der Waals surface area (Å²) in [6.45, 7) is 7.54. The summed E-state index contributed by atoms with van der Waals surface area (Å²) in [4.78, 5) is 0. The Morgan fingerprint density at radius 1 is 0.788 bits per heavy atom. The minimum Gasteiger partial charge on any atom is -0.373 e. The molecule has 1 N–H and O–H groups in total. The minimum absolute atomic E-state index is 0.330. The number of rotatable bonds is 21. The summed E-state index contributed by atoms with van der Waals surface area (Å²) >= 11 is 0. The van der Waals surface area contributed by atoms with Crippen molar-refractivity contribution < 1.29 is 23.8 Å². The molecule has 0 bridgehead atoms. The van der Waals surface area contributed by atoms with Crippen LogP contribution in [0.5, 0.6) is 0 Å². The van der Waals surface area contributed by atoms with Crippen molar-refractivity contribution in [1.29, 1.82) is 0 Å². The number of aliphatic hydroxyl groups is 1. The molecule has 1 aliphatic carbocycles. The molecule has 1 saturated carbocycles. The number of likely N-dealkylation sites (N-methyl/N-ethyl adjacent to an activating group) is 1. The molecule has 3 atom stereocenters. The third kappa shape index (κ3) is 17.0. The van der Waals surface area contributed by atoms with E-state index in [1.54, 1.807) is 0 Å². The van der Waals surface area contributed by atoms with Crippen LogP contribution < -0.4 is 0 Å². The van der Waals surface area contributed by atoms with Crippen molar-refractivity contribution in [2.75, 3.05) is 54.1 Å². The summed E-state index contributed by atoms with van der Waals surface area (Å²) in [5.41, 5.74) is 0. The highest BCUT2D eigenvalue weighted by molar-refractivity contribution is 4.74. The normalized spacial score (nSPS) is 18.4. The first-order valence-corrected chi connectivity index (χ1v) is 14.1. The number of quaternary nitrogens is 1. The maximum atomic E-state index is 10.4. The van der Waals surface area contributed by atoms with Gasteiger partial charge in [-0.25, -0.2) is 0 Å². The standard InChI is InChI=1S/C28H58NO4/c1-6-7-8-9-10-11-13-18-27(26-16-14-12-15-17-26)19-21-33-28(30)25(2)32-24-23-31-22-20-29(3,4)5/h25-28,30H,6-24H2,1-5H3/q+1. The molecule has 0 heterocycles. The molecule has 0 aromatic rings. The van der Waals surface area contributed by atoms with Crippen LogP contribution in [0.25, 0.3) is 0 Å². The van der Waals surface area contributed by atoms with Crippen molar-refractivity contribution >= 4 is 0 Å². The zero-order valence-electron chi connectivity index (χ0n) is 22.9. The molecule has 0 aliphatic heterocycles. The van der Waals surface area contributed by atoms with Crippen LogP contribution in [-0.2, 0) is 14.2 Å². The van der Waals surface area contributed by atoms with E-state index in [0.29, 0.717) is 19.8 Å². The van der Waals surface area contributed by atoms with Gasteiger partial charge in [0.1, 0.15) is 12.6 Å². The molecular weight excluding hydrogens is 414 g/mol. The van der Waals surface area contributed by atoms with Crippen LogP contribution in [0.4, 0.5) is 0 Å². The molecule has 0 spiro atoms. The molecule has 5 nitrogen and oxygen atoms in total. The number of aliphatic hydroxyl groups excluding tert-OH is 1. The van der Waals surface area contributed by atoms with Crippen molar-refractivity contribution in [3.63, 3.8) is 0 Å². The van der Waals surface area contributed by atoms with E-state index in [-0.39, 0.29) is 6.10 Å². The highest BCUT2D eigenvalue weighted by Crippen LogP contribution is 2.35. The van der Waals surface area contributed by atoms with Gasteiger partial charge < -0.3 is 23.8 Å². The van der Waals surface area contributed by atoms with Gasteiger partial charge in [0.25, 0.3) is 0 Å². The summed E-state index contributed by atoms with van der Waals surface area (Å²) < 4.78 is 18.1. The summed E-state index contributed by atoms with van der Waals surface area (Å²) in [6.07, 6.45) is 17.8. The van der Waals surface area contributed by atoms with Crippen LogP contribution in [0, 0.1) is 11.8 Å². The molecule has 0 saturated heterocycles.